The van der Waals surface area contributed by atoms with Crippen LogP contribution in [0.1, 0.15) is 38.8 Å². The molecule has 1 aliphatic carbocycles. The first-order valence-electron chi connectivity index (χ1n) is 8.70. The lowest BCUT2D eigenvalue weighted by atomic mass is 9.80. The largest absolute Gasteiger partial charge is 0.376 e. The highest BCUT2D eigenvalue weighted by Gasteiger charge is 2.38. The van der Waals surface area contributed by atoms with Crippen LogP contribution in [0.15, 0.2) is 78.6 Å². The van der Waals surface area contributed by atoms with Gasteiger partial charge in [0.15, 0.2) is 0 Å². The Balaban J connectivity index is 0.00000100. The number of rotatable bonds is 0. The second kappa shape index (κ2) is 7.09. The van der Waals surface area contributed by atoms with Crippen molar-refractivity contribution < 1.29 is 0 Å². The average Bonchev–Trinajstić information content (AvgIpc) is 2.80. The van der Waals surface area contributed by atoms with Crippen molar-refractivity contribution in [3.63, 3.8) is 0 Å². The van der Waals surface area contributed by atoms with Gasteiger partial charge in [-0.3, -0.25) is 0 Å². The molecule has 0 unspecified atom stereocenters. The Hall–Kier alpha value is -2.28. The predicted octanol–water partition coefficient (Wildman–Crippen LogP) is 5.89. The summed E-state index contributed by atoms with van der Waals surface area (Å²) < 4.78 is 0. The van der Waals surface area contributed by atoms with E-state index < -0.39 is 0 Å². The molecule has 1 aromatic carbocycles. The summed E-state index contributed by atoms with van der Waals surface area (Å²) in [5.74, 6) is 0. The zero-order valence-electron chi connectivity index (χ0n) is 15.7. The van der Waals surface area contributed by atoms with E-state index in [1.165, 1.54) is 22.3 Å². The minimum atomic E-state index is 0.0140. The Labute approximate surface area is 147 Å². The third-order valence-corrected chi connectivity index (χ3v) is 4.77. The van der Waals surface area contributed by atoms with Crippen molar-refractivity contribution in [2.24, 2.45) is 0 Å². The number of benzene rings is 1. The van der Waals surface area contributed by atoms with Crippen LogP contribution in [0.4, 0.5) is 0 Å². The van der Waals surface area contributed by atoms with Gasteiger partial charge in [0, 0.05) is 19.0 Å². The van der Waals surface area contributed by atoms with E-state index in [1.54, 1.807) is 0 Å². The van der Waals surface area contributed by atoms with Crippen LogP contribution in [-0.4, -0.2) is 18.5 Å². The molecule has 1 aromatic rings. The van der Waals surface area contributed by atoms with Crippen molar-refractivity contribution in [3.05, 3.63) is 89.7 Å². The molecule has 0 radical (unpaired) electrons. The van der Waals surface area contributed by atoms with Gasteiger partial charge in [-0.1, -0.05) is 77.3 Å². The summed E-state index contributed by atoms with van der Waals surface area (Å²) in [6.07, 6.45) is 8.23. The fraction of sp³-hybridized carbons (Fsp3) is 0.304. The highest BCUT2D eigenvalue weighted by molar-refractivity contribution is 5.92. The zero-order valence-corrected chi connectivity index (χ0v) is 15.7. The third kappa shape index (κ3) is 3.03. The predicted molar refractivity (Wildman–Crippen MR) is 107 cm³/mol. The van der Waals surface area contributed by atoms with Crippen molar-refractivity contribution in [3.8, 4) is 0 Å². The van der Waals surface area contributed by atoms with Crippen molar-refractivity contribution in [1.82, 2.24) is 4.90 Å². The van der Waals surface area contributed by atoms with Crippen LogP contribution in [0.2, 0.25) is 0 Å². The second-order valence-electron chi connectivity index (χ2n) is 6.64. The molecule has 0 fully saturated rings. The maximum atomic E-state index is 4.35. The summed E-state index contributed by atoms with van der Waals surface area (Å²) in [5.41, 5.74) is 7.41. The number of fused-ring (bicyclic) bond motifs is 2. The fourth-order valence-corrected chi connectivity index (χ4v) is 3.44. The SMILES string of the molecule is C=C1/C=C\C=C/N(C)CC2=C(C1=C)c1ccccc1C2(C)C.CC. The zero-order chi connectivity index (χ0) is 17.9. The van der Waals surface area contributed by atoms with E-state index in [4.69, 9.17) is 0 Å². The van der Waals surface area contributed by atoms with Gasteiger partial charge in [0.05, 0.1) is 0 Å². The Morgan fingerprint density at radius 3 is 2.42 bits per heavy atom. The van der Waals surface area contributed by atoms with Gasteiger partial charge < -0.3 is 4.90 Å². The van der Waals surface area contributed by atoms with E-state index in [-0.39, 0.29) is 5.41 Å². The summed E-state index contributed by atoms with van der Waals surface area (Å²) in [6.45, 7) is 18.1. The van der Waals surface area contributed by atoms with Crippen LogP contribution in [0, 0.1) is 0 Å². The van der Waals surface area contributed by atoms with Crippen molar-refractivity contribution in [1.29, 1.82) is 0 Å². The van der Waals surface area contributed by atoms with Crippen LogP contribution in [0.3, 0.4) is 0 Å². The van der Waals surface area contributed by atoms with Crippen molar-refractivity contribution in [2.45, 2.75) is 33.1 Å². The summed E-state index contributed by atoms with van der Waals surface area (Å²) >= 11 is 0. The number of hydrogen-bond acceptors (Lipinski definition) is 1. The quantitative estimate of drug-likeness (QED) is 0.576. The maximum Gasteiger partial charge on any atom is 0.0398 e. The maximum absolute atomic E-state index is 4.35. The second-order valence-corrected chi connectivity index (χ2v) is 6.64. The van der Waals surface area contributed by atoms with E-state index in [2.05, 4.69) is 75.5 Å². The molecule has 0 amide bonds. The lowest BCUT2D eigenvalue weighted by Crippen LogP contribution is -2.26. The number of likely N-dealkylation sites (N-methyl/N-ethyl adjacent to an activating group) is 1. The summed E-state index contributed by atoms with van der Waals surface area (Å²) in [6, 6.07) is 8.69. The molecule has 0 aromatic heterocycles. The molecular weight excluding hydrogens is 290 g/mol. The Kier molecular flexibility index (Phi) is 5.33. The molecule has 1 heterocycles. The van der Waals surface area contributed by atoms with Crippen LogP contribution in [0.25, 0.3) is 5.57 Å². The van der Waals surface area contributed by atoms with Crippen LogP contribution in [-0.2, 0) is 5.41 Å². The molecule has 0 spiro atoms. The van der Waals surface area contributed by atoms with Gasteiger partial charge in [0.2, 0.25) is 0 Å². The molecule has 126 valence electrons. The molecule has 1 aliphatic heterocycles. The first-order valence-corrected chi connectivity index (χ1v) is 8.70. The first-order chi connectivity index (χ1) is 11.4. The molecule has 3 rings (SSSR count). The number of hydrogen-bond donors (Lipinski definition) is 0. The molecule has 0 saturated carbocycles. The van der Waals surface area contributed by atoms with Crippen molar-refractivity contribution >= 4 is 5.57 Å². The van der Waals surface area contributed by atoms with Gasteiger partial charge in [0.25, 0.3) is 0 Å². The third-order valence-electron chi connectivity index (χ3n) is 4.77. The van der Waals surface area contributed by atoms with E-state index >= 15 is 0 Å². The molecule has 0 bridgehead atoms. The minimum absolute atomic E-state index is 0.0140. The van der Waals surface area contributed by atoms with Gasteiger partial charge in [-0.2, -0.15) is 0 Å². The van der Waals surface area contributed by atoms with Gasteiger partial charge >= 0.3 is 0 Å². The Bertz CT molecular complexity index is 741. The highest BCUT2D eigenvalue weighted by Crippen LogP contribution is 2.49. The van der Waals surface area contributed by atoms with E-state index in [1.807, 2.05) is 26.0 Å². The van der Waals surface area contributed by atoms with Crippen LogP contribution in [0.5, 0.6) is 0 Å². The Morgan fingerprint density at radius 2 is 1.71 bits per heavy atom. The Morgan fingerprint density at radius 1 is 1.04 bits per heavy atom. The summed E-state index contributed by atoms with van der Waals surface area (Å²) in [5, 5.41) is 0. The molecule has 0 atom stereocenters. The normalized spacial score (nSPS) is 21.5. The molecule has 0 N–H and O–H groups in total. The van der Waals surface area contributed by atoms with E-state index in [9.17, 15) is 0 Å². The summed E-state index contributed by atoms with van der Waals surface area (Å²) in [4.78, 5) is 2.23. The lowest BCUT2D eigenvalue weighted by Gasteiger charge is -2.28. The van der Waals surface area contributed by atoms with E-state index in [0.29, 0.717) is 0 Å². The first kappa shape index (κ1) is 18.1. The molecule has 24 heavy (non-hydrogen) atoms. The lowest BCUT2D eigenvalue weighted by molar-refractivity contribution is 0.459. The number of allylic oxidation sites excluding steroid dienone is 6. The van der Waals surface area contributed by atoms with E-state index in [0.717, 1.165) is 17.7 Å². The molecule has 1 heteroatoms. The number of nitrogens with zero attached hydrogens (tertiary/aromatic N) is 1. The van der Waals surface area contributed by atoms with Crippen LogP contribution >= 0.6 is 0 Å². The molecular formula is C23H29N. The van der Waals surface area contributed by atoms with Gasteiger partial charge in [-0.15, -0.1) is 0 Å². The topological polar surface area (TPSA) is 3.24 Å². The summed E-state index contributed by atoms with van der Waals surface area (Å²) in [7, 11) is 2.12. The van der Waals surface area contributed by atoms with Crippen molar-refractivity contribution in [2.75, 3.05) is 13.6 Å². The van der Waals surface area contributed by atoms with Gasteiger partial charge in [-0.25, -0.2) is 0 Å². The minimum Gasteiger partial charge on any atom is -0.376 e. The highest BCUT2D eigenvalue weighted by atomic mass is 15.1. The smallest absolute Gasteiger partial charge is 0.0398 e. The average molecular weight is 319 g/mol. The molecule has 2 aliphatic rings. The standard InChI is InChI=1S/C21H23N.C2H6/c1-15-10-8-9-13-22(5)14-19-20(16(15)2)17-11-6-7-12-18(17)21(19,3)4;1-2/h6-13H,1-2,14H2,3-5H3;1-2H3/b10-8-,13-9-;. The molecule has 1 nitrogen and oxygen atoms in total. The fourth-order valence-electron chi connectivity index (χ4n) is 3.44. The van der Waals surface area contributed by atoms with Crippen LogP contribution < -0.4 is 0 Å². The monoisotopic (exact) mass is 319 g/mol. The molecule has 0 saturated heterocycles. The van der Waals surface area contributed by atoms with Gasteiger partial charge in [0.1, 0.15) is 0 Å². The van der Waals surface area contributed by atoms with Gasteiger partial charge in [-0.05, 0) is 45.7 Å².